The molecule has 1 saturated carbocycles. The highest BCUT2D eigenvalue weighted by Gasteiger charge is 2.36. The van der Waals surface area contributed by atoms with Crippen molar-refractivity contribution in [2.45, 2.75) is 51.0 Å². The minimum absolute atomic E-state index is 0.0105. The molecule has 164 valence electrons. The lowest BCUT2D eigenvalue weighted by Crippen LogP contribution is -2.55. The molecule has 1 aliphatic carbocycles. The zero-order chi connectivity index (χ0) is 21.1. The molecule has 3 aliphatic rings. The number of carbonyl (C=O) groups excluding carboxylic acids is 2. The number of halogens is 2. The van der Waals surface area contributed by atoms with Crippen molar-refractivity contribution >= 4 is 11.8 Å². The average Bonchev–Trinajstić information content (AvgIpc) is 3.22. The van der Waals surface area contributed by atoms with Gasteiger partial charge in [0.15, 0.2) is 11.6 Å². The number of piperidine rings is 1. The van der Waals surface area contributed by atoms with Crippen LogP contribution >= 0.6 is 0 Å². The van der Waals surface area contributed by atoms with E-state index >= 15 is 0 Å². The smallest absolute Gasteiger partial charge is 0.254 e. The van der Waals surface area contributed by atoms with E-state index in [0.29, 0.717) is 19.6 Å². The Morgan fingerprint density at radius 3 is 2.40 bits per heavy atom. The Hall–Kier alpha value is -2.02. The Bertz CT molecular complexity index is 778. The number of rotatable bonds is 6. The van der Waals surface area contributed by atoms with Crippen molar-refractivity contribution in [2.24, 2.45) is 5.92 Å². The molecular formula is C23H31F2N3O2. The Morgan fingerprint density at radius 1 is 0.967 bits per heavy atom. The first-order chi connectivity index (χ1) is 14.5. The van der Waals surface area contributed by atoms with Gasteiger partial charge in [-0.15, -0.1) is 0 Å². The molecule has 7 heteroatoms. The van der Waals surface area contributed by atoms with Crippen molar-refractivity contribution < 1.29 is 18.4 Å². The van der Waals surface area contributed by atoms with Crippen molar-refractivity contribution in [3.63, 3.8) is 0 Å². The topological polar surface area (TPSA) is 43.9 Å². The summed E-state index contributed by atoms with van der Waals surface area (Å²) in [6, 6.07) is 3.27. The Morgan fingerprint density at radius 2 is 1.73 bits per heavy atom. The highest BCUT2D eigenvalue weighted by Crippen LogP contribution is 2.30. The molecule has 4 rings (SSSR count). The number of hydrogen-bond acceptors (Lipinski definition) is 3. The van der Waals surface area contributed by atoms with Crippen molar-refractivity contribution in [3.8, 4) is 0 Å². The second kappa shape index (κ2) is 9.41. The van der Waals surface area contributed by atoms with Crippen LogP contribution in [0.3, 0.4) is 0 Å². The van der Waals surface area contributed by atoms with Gasteiger partial charge in [0.1, 0.15) is 0 Å². The van der Waals surface area contributed by atoms with Crippen LogP contribution < -0.4 is 0 Å². The zero-order valence-corrected chi connectivity index (χ0v) is 17.5. The molecule has 2 amide bonds. The number of benzene rings is 1. The fraction of sp³-hybridized carbons (Fsp3) is 0.652. The van der Waals surface area contributed by atoms with Crippen LogP contribution in [-0.2, 0) is 4.79 Å². The lowest BCUT2D eigenvalue weighted by atomic mass is 9.83. The number of hydrogen-bond donors (Lipinski definition) is 0. The number of amides is 2. The van der Waals surface area contributed by atoms with Crippen molar-refractivity contribution in [3.05, 3.63) is 35.4 Å². The standard InChI is InChI=1S/C23H31F2N3O2/c24-20-9-8-18(15-21(20)25)22(29)27-12-4-7-19(16-27)28(23(30)17-5-3-6-17)14-13-26-10-1-2-11-26/h8-9,15,17,19H,1-7,10-14,16H2. The number of carbonyl (C=O) groups is 2. The summed E-state index contributed by atoms with van der Waals surface area (Å²) in [5.74, 6) is -1.91. The van der Waals surface area contributed by atoms with Crippen LogP contribution in [0.2, 0.25) is 0 Å². The zero-order valence-electron chi connectivity index (χ0n) is 17.5. The molecular weight excluding hydrogens is 388 g/mol. The van der Waals surface area contributed by atoms with E-state index in [0.717, 1.165) is 63.9 Å². The molecule has 1 unspecified atom stereocenters. The van der Waals surface area contributed by atoms with Crippen LogP contribution in [0, 0.1) is 17.6 Å². The van der Waals surface area contributed by atoms with Gasteiger partial charge in [-0.3, -0.25) is 9.59 Å². The average molecular weight is 420 g/mol. The highest BCUT2D eigenvalue weighted by atomic mass is 19.2. The summed E-state index contributed by atoms with van der Waals surface area (Å²) in [6.07, 6.45) is 7.15. The summed E-state index contributed by atoms with van der Waals surface area (Å²) in [6.45, 7) is 4.80. The van der Waals surface area contributed by atoms with Gasteiger partial charge in [0.2, 0.25) is 5.91 Å². The maximum Gasteiger partial charge on any atom is 0.254 e. The number of nitrogens with zero attached hydrogens (tertiary/aromatic N) is 3. The van der Waals surface area contributed by atoms with Gasteiger partial charge in [-0.1, -0.05) is 6.42 Å². The fourth-order valence-electron chi connectivity index (χ4n) is 4.82. The molecule has 2 aliphatic heterocycles. The van der Waals surface area contributed by atoms with Crippen molar-refractivity contribution in [1.82, 2.24) is 14.7 Å². The fourth-order valence-corrected chi connectivity index (χ4v) is 4.82. The lowest BCUT2D eigenvalue weighted by Gasteiger charge is -2.42. The predicted molar refractivity (Wildman–Crippen MR) is 110 cm³/mol. The molecule has 1 atom stereocenters. The largest absolute Gasteiger partial charge is 0.337 e. The first-order valence-electron chi connectivity index (χ1n) is 11.3. The van der Waals surface area contributed by atoms with Crippen LogP contribution in [-0.4, -0.2) is 71.8 Å². The Labute approximate surface area is 177 Å². The predicted octanol–water partition coefficient (Wildman–Crippen LogP) is 3.29. The van der Waals surface area contributed by atoms with E-state index in [2.05, 4.69) is 4.90 Å². The third-order valence-corrected chi connectivity index (χ3v) is 6.88. The van der Waals surface area contributed by atoms with Gasteiger partial charge in [-0.25, -0.2) is 8.78 Å². The summed E-state index contributed by atoms with van der Waals surface area (Å²) in [5, 5.41) is 0. The van der Waals surface area contributed by atoms with Crippen LogP contribution in [0.1, 0.15) is 55.3 Å². The molecule has 2 saturated heterocycles. The third-order valence-electron chi connectivity index (χ3n) is 6.88. The molecule has 0 aromatic heterocycles. The van der Waals surface area contributed by atoms with Crippen LogP contribution in [0.4, 0.5) is 8.78 Å². The summed E-state index contributed by atoms with van der Waals surface area (Å²) in [5.41, 5.74) is 0.156. The third kappa shape index (κ3) is 4.66. The molecule has 0 radical (unpaired) electrons. The van der Waals surface area contributed by atoms with Gasteiger partial charge in [-0.05, 0) is 69.8 Å². The Balaban J connectivity index is 1.44. The first-order valence-corrected chi connectivity index (χ1v) is 11.3. The van der Waals surface area contributed by atoms with Crippen LogP contribution in [0.25, 0.3) is 0 Å². The monoisotopic (exact) mass is 419 g/mol. The van der Waals surface area contributed by atoms with E-state index < -0.39 is 11.6 Å². The minimum Gasteiger partial charge on any atom is -0.337 e. The maximum absolute atomic E-state index is 13.6. The summed E-state index contributed by atoms with van der Waals surface area (Å²) >= 11 is 0. The van der Waals surface area contributed by atoms with Gasteiger partial charge < -0.3 is 14.7 Å². The van der Waals surface area contributed by atoms with E-state index in [1.807, 2.05) is 4.90 Å². The van der Waals surface area contributed by atoms with E-state index in [4.69, 9.17) is 0 Å². The molecule has 0 spiro atoms. The van der Waals surface area contributed by atoms with Gasteiger partial charge in [0.05, 0.1) is 0 Å². The normalized spacial score (nSPS) is 22.7. The maximum atomic E-state index is 13.6. The quantitative estimate of drug-likeness (QED) is 0.711. The summed E-state index contributed by atoms with van der Waals surface area (Å²) in [4.78, 5) is 32.2. The molecule has 5 nitrogen and oxygen atoms in total. The molecule has 0 N–H and O–H groups in total. The molecule has 3 fully saturated rings. The van der Waals surface area contributed by atoms with Crippen molar-refractivity contribution in [1.29, 1.82) is 0 Å². The van der Waals surface area contributed by atoms with E-state index in [1.54, 1.807) is 4.90 Å². The highest BCUT2D eigenvalue weighted by molar-refractivity contribution is 5.94. The van der Waals surface area contributed by atoms with Gasteiger partial charge >= 0.3 is 0 Å². The SMILES string of the molecule is O=C(c1ccc(F)c(F)c1)N1CCCC(N(CCN2CCCC2)C(=O)C2CCC2)C1. The molecule has 30 heavy (non-hydrogen) atoms. The summed E-state index contributed by atoms with van der Waals surface area (Å²) < 4.78 is 26.8. The van der Waals surface area contributed by atoms with E-state index in [1.165, 1.54) is 18.9 Å². The van der Waals surface area contributed by atoms with Gasteiger partial charge in [0, 0.05) is 43.7 Å². The molecule has 0 bridgehead atoms. The van der Waals surface area contributed by atoms with Gasteiger partial charge in [-0.2, -0.15) is 0 Å². The molecule has 1 aromatic rings. The second-order valence-corrected chi connectivity index (χ2v) is 8.88. The van der Waals surface area contributed by atoms with Crippen LogP contribution in [0.15, 0.2) is 18.2 Å². The number of likely N-dealkylation sites (tertiary alicyclic amines) is 2. The Kier molecular flexibility index (Phi) is 6.66. The summed E-state index contributed by atoms with van der Waals surface area (Å²) in [7, 11) is 0. The first kappa shape index (κ1) is 21.2. The second-order valence-electron chi connectivity index (χ2n) is 8.88. The van der Waals surface area contributed by atoms with Crippen molar-refractivity contribution in [2.75, 3.05) is 39.3 Å². The van der Waals surface area contributed by atoms with E-state index in [9.17, 15) is 18.4 Å². The minimum atomic E-state index is -1.01. The van der Waals surface area contributed by atoms with E-state index in [-0.39, 0.29) is 29.3 Å². The van der Waals surface area contributed by atoms with Gasteiger partial charge in [0.25, 0.3) is 5.91 Å². The molecule has 1 aromatic carbocycles. The molecule has 2 heterocycles. The lowest BCUT2D eigenvalue weighted by molar-refractivity contribution is -0.141. The van der Waals surface area contributed by atoms with Crippen LogP contribution in [0.5, 0.6) is 0 Å².